The standard InChI is InChI=1S/C10H12N2S2/c1-10(2,3)9-5-4-8(14-9)7-6-13-12-11-7/h4-6H,1-3H3. The summed E-state index contributed by atoms with van der Waals surface area (Å²) in [6, 6.07) is 4.31. The highest BCUT2D eigenvalue weighted by Crippen LogP contribution is 2.34. The van der Waals surface area contributed by atoms with Crippen molar-refractivity contribution in [1.29, 1.82) is 0 Å². The molecule has 74 valence electrons. The molecule has 0 radical (unpaired) electrons. The Hall–Kier alpha value is -0.740. The van der Waals surface area contributed by atoms with Crippen LogP contribution in [-0.4, -0.2) is 9.59 Å². The fraction of sp³-hybridized carbons (Fsp3) is 0.400. The molecule has 0 fully saturated rings. The van der Waals surface area contributed by atoms with Crippen LogP contribution in [0.2, 0.25) is 0 Å². The maximum atomic E-state index is 4.06. The maximum absolute atomic E-state index is 4.06. The van der Waals surface area contributed by atoms with Crippen LogP contribution in [0.15, 0.2) is 17.5 Å². The molecule has 0 saturated carbocycles. The molecule has 4 heteroatoms. The molecule has 0 N–H and O–H groups in total. The minimum absolute atomic E-state index is 0.229. The Morgan fingerprint density at radius 1 is 1.21 bits per heavy atom. The third-order valence-corrected chi connectivity index (χ3v) is 4.00. The summed E-state index contributed by atoms with van der Waals surface area (Å²) in [6.07, 6.45) is 0. The number of thiophene rings is 1. The lowest BCUT2D eigenvalue weighted by Gasteiger charge is -2.15. The van der Waals surface area contributed by atoms with Gasteiger partial charge < -0.3 is 0 Å². The van der Waals surface area contributed by atoms with Gasteiger partial charge in [0.05, 0.1) is 4.88 Å². The van der Waals surface area contributed by atoms with Crippen molar-refractivity contribution in [1.82, 2.24) is 9.59 Å². The van der Waals surface area contributed by atoms with Crippen molar-refractivity contribution in [3.63, 3.8) is 0 Å². The Morgan fingerprint density at radius 3 is 2.50 bits per heavy atom. The van der Waals surface area contributed by atoms with Crippen LogP contribution in [0.1, 0.15) is 25.6 Å². The van der Waals surface area contributed by atoms with Crippen molar-refractivity contribution in [2.24, 2.45) is 0 Å². The smallest absolute Gasteiger partial charge is 0.115 e. The SMILES string of the molecule is CC(C)(C)c1ccc(-c2csnn2)s1. The van der Waals surface area contributed by atoms with Crippen LogP contribution in [0, 0.1) is 0 Å². The molecule has 2 rings (SSSR count). The largest absolute Gasteiger partial charge is 0.138 e. The topological polar surface area (TPSA) is 25.8 Å². The molecule has 0 spiro atoms. The Kier molecular flexibility index (Phi) is 2.41. The van der Waals surface area contributed by atoms with E-state index >= 15 is 0 Å². The van der Waals surface area contributed by atoms with Gasteiger partial charge in [0.2, 0.25) is 0 Å². The quantitative estimate of drug-likeness (QED) is 0.740. The average molecular weight is 224 g/mol. The summed E-state index contributed by atoms with van der Waals surface area (Å²) in [5.74, 6) is 0. The summed E-state index contributed by atoms with van der Waals surface area (Å²) in [7, 11) is 0. The summed E-state index contributed by atoms with van der Waals surface area (Å²) >= 11 is 3.20. The second kappa shape index (κ2) is 3.44. The maximum Gasteiger partial charge on any atom is 0.115 e. The Bertz CT molecular complexity index is 410. The molecule has 0 bridgehead atoms. The van der Waals surface area contributed by atoms with Crippen LogP contribution in [-0.2, 0) is 5.41 Å². The van der Waals surface area contributed by atoms with Crippen molar-refractivity contribution in [2.45, 2.75) is 26.2 Å². The van der Waals surface area contributed by atoms with Crippen LogP contribution in [0.25, 0.3) is 10.6 Å². The molecule has 0 aliphatic heterocycles. The van der Waals surface area contributed by atoms with E-state index in [9.17, 15) is 0 Å². The van der Waals surface area contributed by atoms with Crippen molar-refractivity contribution in [3.05, 3.63) is 22.4 Å². The molecule has 2 heterocycles. The van der Waals surface area contributed by atoms with Gasteiger partial charge >= 0.3 is 0 Å². The first-order valence-corrected chi connectivity index (χ1v) is 6.10. The molecule has 2 aromatic heterocycles. The molecule has 0 atom stereocenters. The van der Waals surface area contributed by atoms with Gasteiger partial charge in [-0.3, -0.25) is 0 Å². The van der Waals surface area contributed by atoms with E-state index in [1.165, 1.54) is 21.3 Å². The molecular formula is C10H12N2S2. The predicted molar refractivity (Wildman–Crippen MR) is 61.9 cm³/mol. The van der Waals surface area contributed by atoms with E-state index in [0.29, 0.717) is 0 Å². The number of hydrogen-bond acceptors (Lipinski definition) is 4. The van der Waals surface area contributed by atoms with Gasteiger partial charge in [0.15, 0.2) is 0 Å². The van der Waals surface area contributed by atoms with Crippen LogP contribution in [0.4, 0.5) is 0 Å². The molecule has 0 aromatic carbocycles. The Labute approximate surface area is 91.8 Å². The minimum atomic E-state index is 0.229. The molecular weight excluding hydrogens is 212 g/mol. The lowest BCUT2D eigenvalue weighted by molar-refractivity contribution is 0.604. The highest BCUT2D eigenvalue weighted by Gasteiger charge is 2.16. The summed E-state index contributed by atoms with van der Waals surface area (Å²) in [4.78, 5) is 2.60. The summed E-state index contributed by atoms with van der Waals surface area (Å²) in [6.45, 7) is 6.67. The van der Waals surface area contributed by atoms with E-state index in [1.807, 2.05) is 5.38 Å². The fourth-order valence-corrected chi connectivity index (χ4v) is 2.70. The Balaban J connectivity index is 2.36. The van der Waals surface area contributed by atoms with Gasteiger partial charge in [0.1, 0.15) is 5.69 Å². The minimum Gasteiger partial charge on any atom is -0.138 e. The molecule has 2 aromatic rings. The zero-order chi connectivity index (χ0) is 10.2. The number of hydrogen-bond donors (Lipinski definition) is 0. The van der Waals surface area contributed by atoms with Crippen LogP contribution in [0.3, 0.4) is 0 Å². The first-order valence-electron chi connectivity index (χ1n) is 4.45. The van der Waals surface area contributed by atoms with E-state index in [4.69, 9.17) is 0 Å². The second-order valence-electron chi connectivity index (χ2n) is 4.20. The lowest BCUT2D eigenvalue weighted by atomic mass is 9.95. The van der Waals surface area contributed by atoms with E-state index < -0.39 is 0 Å². The number of rotatable bonds is 1. The summed E-state index contributed by atoms with van der Waals surface area (Å²) in [5, 5.41) is 6.05. The van der Waals surface area contributed by atoms with Gasteiger partial charge in [-0.05, 0) is 29.1 Å². The number of aromatic nitrogens is 2. The van der Waals surface area contributed by atoms with E-state index in [-0.39, 0.29) is 5.41 Å². The van der Waals surface area contributed by atoms with Crippen LogP contribution < -0.4 is 0 Å². The molecule has 0 amide bonds. The van der Waals surface area contributed by atoms with E-state index in [0.717, 1.165) is 5.69 Å². The van der Waals surface area contributed by atoms with Gasteiger partial charge in [-0.2, -0.15) is 0 Å². The highest BCUT2D eigenvalue weighted by atomic mass is 32.1. The molecule has 0 unspecified atom stereocenters. The normalized spacial score (nSPS) is 11.9. The van der Waals surface area contributed by atoms with Crippen LogP contribution in [0.5, 0.6) is 0 Å². The van der Waals surface area contributed by atoms with Crippen molar-refractivity contribution in [3.8, 4) is 10.6 Å². The summed E-state index contributed by atoms with van der Waals surface area (Å²) in [5.41, 5.74) is 1.22. The third-order valence-electron chi connectivity index (χ3n) is 1.96. The Morgan fingerprint density at radius 2 is 2.00 bits per heavy atom. The molecule has 2 nitrogen and oxygen atoms in total. The molecule has 14 heavy (non-hydrogen) atoms. The molecule has 0 aliphatic rings. The highest BCUT2D eigenvalue weighted by molar-refractivity contribution is 7.15. The predicted octanol–water partition coefficient (Wildman–Crippen LogP) is 3.56. The zero-order valence-electron chi connectivity index (χ0n) is 8.44. The van der Waals surface area contributed by atoms with Crippen molar-refractivity contribution in [2.75, 3.05) is 0 Å². The third kappa shape index (κ3) is 1.86. The van der Waals surface area contributed by atoms with Crippen molar-refractivity contribution < 1.29 is 0 Å². The van der Waals surface area contributed by atoms with Crippen molar-refractivity contribution >= 4 is 22.9 Å². The second-order valence-corrected chi connectivity index (χ2v) is 5.90. The van der Waals surface area contributed by atoms with E-state index in [1.54, 1.807) is 11.3 Å². The fourth-order valence-electron chi connectivity index (χ4n) is 1.15. The van der Waals surface area contributed by atoms with Gasteiger partial charge in [-0.25, -0.2) is 0 Å². The molecule has 0 aliphatic carbocycles. The van der Waals surface area contributed by atoms with Gasteiger partial charge in [-0.15, -0.1) is 16.4 Å². The zero-order valence-corrected chi connectivity index (χ0v) is 10.1. The monoisotopic (exact) mass is 224 g/mol. The average Bonchev–Trinajstić information content (AvgIpc) is 2.73. The van der Waals surface area contributed by atoms with E-state index in [2.05, 4.69) is 42.5 Å². The first kappa shape index (κ1) is 9.80. The summed E-state index contributed by atoms with van der Waals surface area (Å²) < 4.78 is 3.87. The number of nitrogens with zero attached hydrogens (tertiary/aromatic N) is 2. The first-order chi connectivity index (χ1) is 6.57. The van der Waals surface area contributed by atoms with Crippen LogP contribution >= 0.6 is 22.9 Å². The lowest BCUT2D eigenvalue weighted by Crippen LogP contribution is -2.07. The van der Waals surface area contributed by atoms with Gasteiger partial charge in [-0.1, -0.05) is 25.3 Å². The van der Waals surface area contributed by atoms with Gasteiger partial charge in [0.25, 0.3) is 0 Å². The molecule has 0 saturated heterocycles. The van der Waals surface area contributed by atoms with Gasteiger partial charge in [0, 0.05) is 10.3 Å².